The average molecular weight is 304 g/mol. The first kappa shape index (κ1) is 17.0. The molecule has 22 heavy (non-hydrogen) atoms. The highest BCUT2D eigenvalue weighted by Crippen LogP contribution is 2.26. The van der Waals surface area contributed by atoms with Gasteiger partial charge in [-0.2, -0.15) is 0 Å². The van der Waals surface area contributed by atoms with Crippen LogP contribution in [0.2, 0.25) is 0 Å². The predicted octanol–water partition coefficient (Wildman–Crippen LogP) is 2.64. The molecule has 0 bridgehead atoms. The van der Waals surface area contributed by atoms with Crippen molar-refractivity contribution in [3.63, 3.8) is 0 Å². The van der Waals surface area contributed by atoms with Crippen LogP contribution >= 0.6 is 0 Å². The van der Waals surface area contributed by atoms with E-state index in [9.17, 15) is 4.79 Å². The van der Waals surface area contributed by atoms with E-state index >= 15 is 0 Å². The van der Waals surface area contributed by atoms with Gasteiger partial charge in [-0.1, -0.05) is 19.1 Å². The molecule has 0 saturated heterocycles. The molecule has 2 rings (SSSR count). The Bertz CT molecular complexity index is 536. The van der Waals surface area contributed by atoms with E-state index < -0.39 is 5.97 Å². The van der Waals surface area contributed by atoms with E-state index in [-0.39, 0.29) is 6.54 Å². The fraction of sp³-hybridized carbons (Fsp3) is 0.611. The SMILES string of the molecule is CCN(CC(=O)O)C1CC(NCc2cc(C)c(C)cc2C)C1. The highest BCUT2D eigenvalue weighted by molar-refractivity contribution is 5.69. The Morgan fingerprint density at radius 2 is 1.86 bits per heavy atom. The van der Waals surface area contributed by atoms with E-state index in [0.29, 0.717) is 12.1 Å². The number of hydrogen-bond acceptors (Lipinski definition) is 3. The van der Waals surface area contributed by atoms with Crippen LogP contribution in [0.25, 0.3) is 0 Å². The van der Waals surface area contributed by atoms with Crippen LogP contribution < -0.4 is 5.32 Å². The highest BCUT2D eigenvalue weighted by atomic mass is 16.4. The van der Waals surface area contributed by atoms with Crippen molar-refractivity contribution in [3.05, 3.63) is 34.4 Å². The summed E-state index contributed by atoms with van der Waals surface area (Å²) in [5.41, 5.74) is 5.39. The lowest BCUT2D eigenvalue weighted by Crippen LogP contribution is -2.53. The Morgan fingerprint density at radius 3 is 2.45 bits per heavy atom. The summed E-state index contributed by atoms with van der Waals surface area (Å²) < 4.78 is 0. The smallest absolute Gasteiger partial charge is 0.317 e. The van der Waals surface area contributed by atoms with E-state index in [0.717, 1.165) is 25.9 Å². The maximum absolute atomic E-state index is 10.8. The van der Waals surface area contributed by atoms with Gasteiger partial charge in [0, 0.05) is 18.6 Å². The first-order valence-electron chi connectivity index (χ1n) is 8.16. The third kappa shape index (κ3) is 4.08. The van der Waals surface area contributed by atoms with Gasteiger partial charge in [-0.25, -0.2) is 0 Å². The summed E-state index contributed by atoms with van der Waals surface area (Å²) in [6.45, 7) is 10.4. The molecule has 2 N–H and O–H groups in total. The number of aliphatic carboxylic acids is 1. The van der Waals surface area contributed by atoms with E-state index in [2.05, 4.69) is 43.1 Å². The van der Waals surface area contributed by atoms with Crippen molar-refractivity contribution < 1.29 is 9.90 Å². The van der Waals surface area contributed by atoms with Crippen LogP contribution in [-0.4, -0.2) is 41.1 Å². The van der Waals surface area contributed by atoms with Gasteiger partial charge < -0.3 is 10.4 Å². The minimum atomic E-state index is -0.732. The van der Waals surface area contributed by atoms with Crippen LogP contribution in [-0.2, 0) is 11.3 Å². The van der Waals surface area contributed by atoms with Crippen LogP contribution in [0.3, 0.4) is 0 Å². The zero-order valence-electron chi connectivity index (χ0n) is 14.1. The summed E-state index contributed by atoms with van der Waals surface area (Å²) in [6.07, 6.45) is 2.09. The number of nitrogens with zero attached hydrogens (tertiary/aromatic N) is 1. The zero-order valence-corrected chi connectivity index (χ0v) is 14.1. The number of carboxylic acid groups (broad SMARTS) is 1. The van der Waals surface area contributed by atoms with Crippen molar-refractivity contribution in [2.45, 2.75) is 59.2 Å². The summed E-state index contributed by atoms with van der Waals surface area (Å²) in [4.78, 5) is 12.9. The molecular weight excluding hydrogens is 276 g/mol. The predicted molar refractivity (Wildman–Crippen MR) is 89.2 cm³/mol. The van der Waals surface area contributed by atoms with Crippen LogP contribution in [0, 0.1) is 20.8 Å². The zero-order chi connectivity index (χ0) is 16.3. The number of carboxylic acids is 1. The molecule has 1 aliphatic carbocycles. The molecule has 4 heteroatoms. The van der Waals surface area contributed by atoms with Gasteiger partial charge in [-0.05, 0) is 62.4 Å². The molecule has 0 aliphatic heterocycles. The summed E-state index contributed by atoms with van der Waals surface area (Å²) in [5, 5.41) is 12.5. The van der Waals surface area contributed by atoms with Crippen molar-refractivity contribution in [3.8, 4) is 0 Å². The number of likely N-dealkylation sites (N-methyl/N-ethyl adjacent to an activating group) is 1. The van der Waals surface area contributed by atoms with Gasteiger partial charge in [0.15, 0.2) is 0 Å². The van der Waals surface area contributed by atoms with Crippen molar-refractivity contribution in [1.82, 2.24) is 10.2 Å². The fourth-order valence-electron chi connectivity index (χ4n) is 3.19. The van der Waals surface area contributed by atoms with Crippen LogP contribution in [0.1, 0.15) is 42.0 Å². The van der Waals surface area contributed by atoms with Gasteiger partial charge in [-0.15, -0.1) is 0 Å². The Labute approximate surface area is 133 Å². The van der Waals surface area contributed by atoms with Crippen molar-refractivity contribution in [2.24, 2.45) is 0 Å². The maximum atomic E-state index is 10.8. The molecule has 1 aliphatic rings. The lowest BCUT2D eigenvalue weighted by Gasteiger charge is -2.42. The third-order valence-corrected chi connectivity index (χ3v) is 4.91. The molecule has 1 fully saturated rings. The molecule has 0 heterocycles. The molecule has 122 valence electrons. The number of benzene rings is 1. The Morgan fingerprint density at radius 1 is 1.23 bits per heavy atom. The Hall–Kier alpha value is -1.39. The molecule has 1 aromatic rings. The standard InChI is InChI=1S/C18H28N2O2/c1-5-20(11-18(21)22)17-8-16(9-17)19-10-15-7-13(3)12(2)6-14(15)4/h6-7,16-17,19H,5,8-11H2,1-4H3,(H,21,22). The summed E-state index contributed by atoms with van der Waals surface area (Å²) in [7, 11) is 0. The molecule has 0 radical (unpaired) electrons. The van der Waals surface area contributed by atoms with Gasteiger partial charge in [-0.3, -0.25) is 9.69 Å². The summed E-state index contributed by atoms with van der Waals surface area (Å²) in [5.74, 6) is -0.732. The van der Waals surface area contributed by atoms with Crippen LogP contribution in [0.15, 0.2) is 12.1 Å². The van der Waals surface area contributed by atoms with E-state index in [1.54, 1.807) is 0 Å². The second-order valence-electron chi connectivity index (χ2n) is 6.52. The number of nitrogens with one attached hydrogen (secondary N) is 1. The first-order valence-corrected chi connectivity index (χ1v) is 8.16. The highest BCUT2D eigenvalue weighted by Gasteiger charge is 2.33. The number of hydrogen-bond donors (Lipinski definition) is 2. The second-order valence-corrected chi connectivity index (χ2v) is 6.52. The Kier molecular flexibility index (Phi) is 5.59. The van der Waals surface area contributed by atoms with Crippen LogP contribution in [0.5, 0.6) is 0 Å². The lowest BCUT2D eigenvalue weighted by atomic mass is 9.85. The summed E-state index contributed by atoms with van der Waals surface area (Å²) >= 11 is 0. The molecule has 0 atom stereocenters. The molecule has 0 spiro atoms. The molecule has 0 amide bonds. The average Bonchev–Trinajstić information content (AvgIpc) is 2.40. The van der Waals surface area contributed by atoms with Crippen molar-refractivity contribution >= 4 is 5.97 Å². The van der Waals surface area contributed by atoms with Crippen molar-refractivity contribution in [1.29, 1.82) is 0 Å². The fourth-order valence-corrected chi connectivity index (χ4v) is 3.19. The number of carbonyl (C=O) groups is 1. The lowest BCUT2D eigenvalue weighted by molar-refractivity contribution is -0.139. The van der Waals surface area contributed by atoms with Crippen LogP contribution in [0.4, 0.5) is 0 Å². The number of aryl methyl sites for hydroxylation is 3. The Balaban J connectivity index is 1.81. The van der Waals surface area contributed by atoms with Gasteiger partial charge in [0.05, 0.1) is 6.54 Å². The first-order chi connectivity index (χ1) is 10.4. The quantitative estimate of drug-likeness (QED) is 0.813. The van der Waals surface area contributed by atoms with Gasteiger partial charge >= 0.3 is 5.97 Å². The monoisotopic (exact) mass is 304 g/mol. The third-order valence-electron chi connectivity index (χ3n) is 4.91. The normalized spacial score (nSPS) is 21.0. The minimum absolute atomic E-state index is 0.157. The largest absolute Gasteiger partial charge is 0.480 e. The maximum Gasteiger partial charge on any atom is 0.317 e. The van der Waals surface area contributed by atoms with E-state index in [4.69, 9.17) is 5.11 Å². The van der Waals surface area contributed by atoms with E-state index in [1.807, 2.05) is 6.92 Å². The van der Waals surface area contributed by atoms with E-state index in [1.165, 1.54) is 22.3 Å². The molecular formula is C18H28N2O2. The summed E-state index contributed by atoms with van der Waals surface area (Å²) in [6, 6.07) is 5.45. The van der Waals surface area contributed by atoms with Crippen molar-refractivity contribution in [2.75, 3.05) is 13.1 Å². The minimum Gasteiger partial charge on any atom is -0.480 e. The molecule has 1 aromatic carbocycles. The second kappa shape index (κ2) is 7.25. The number of rotatable bonds is 7. The molecule has 1 saturated carbocycles. The molecule has 4 nitrogen and oxygen atoms in total. The van der Waals surface area contributed by atoms with Gasteiger partial charge in [0.1, 0.15) is 0 Å². The molecule has 0 aromatic heterocycles. The molecule has 0 unspecified atom stereocenters. The van der Waals surface area contributed by atoms with Gasteiger partial charge in [0.2, 0.25) is 0 Å². The van der Waals surface area contributed by atoms with Gasteiger partial charge in [0.25, 0.3) is 0 Å². The topological polar surface area (TPSA) is 52.6 Å².